The third-order valence-corrected chi connectivity index (χ3v) is 3.72. The van der Waals surface area contributed by atoms with Gasteiger partial charge in [-0.15, -0.1) is 0 Å². The van der Waals surface area contributed by atoms with Crippen molar-refractivity contribution in [1.29, 1.82) is 0 Å². The lowest BCUT2D eigenvalue weighted by Gasteiger charge is -2.25. The average molecular weight is 273 g/mol. The second-order valence-corrected chi connectivity index (χ2v) is 5.32. The standard InChI is InChI=1S/C15H19N3O2/c1-10-5-6-13(19-9-11-3-2-4-11)12(7-10)15-17-14(8-16)20-18-15/h5-7,11H,2-4,8-9,16H2,1H3. The number of ether oxygens (including phenoxy) is 1. The van der Waals surface area contributed by atoms with E-state index in [1.165, 1.54) is 19.3 Å². The van der Waals surface area contributed by atoms with Crippen LogP contribution in [0.5, 0.6) is 5.75 Å². The van der Waals surface area contributed by atoms with Crippen molar-refractivity contribution >= 4 is 0 Å². The predicted molar refractivity (Wildman–Crippen MR) is 75.2 cm³/mol. The van der Waals surface area contributed by atoms with E-state index in [1.807, 2.05) is 25.1 Å². The maximum absolute atomic E-state index is 5.94. The van der Waals surface area contributed by atoms with E-state index in [1.54, 1.807) is 0 Å². The largest absolute Gasteiger partial charge is 0.493 e. The second-order valence-electron chi connectivity index (χ2n) is 5.32. The molecule has 0 spiro atoms. The first-order valence-electron chi connectivity index (χ1n) is 7.02. The highest BCUT2D eigenvalue weighted by molar-refractivity contribution is 5.64. The van der Waals surface area contributed by atoms with Crippen LogP contribution in [0.25, 0.3) is 11.4 Å². The van der Waals surface area contributed by atoms with Crippen LogP contribution in [0.1, 0.15) is 30.7 Å². The Labute approximate surface area is 118 Å². The quantitative estimate of drug-likeness (QED) is 0.906. The van der Waals surface area contributed by atoms with Gasteiger partial charge in [0.05, 0.1) is 18.7 Å². The Balaban J connectivity index is 1.84. The topological polar surface area (TPSA) is 74.2 Å². The first-order valence-corrected chi connectivity index (χ1v) is 7.02. The highest BCUT2D eigenvalue weighted by Crippen LogP contribution is 2.32. The SMILES string of the molecule is Cc1ccc(OCC2CCC2)c(-c2noc(CN)n2)c1. The van der Waals surface area contributed by atoms with Gasteiger partial charge in [-0.25, -0.2) is 0 Å². The molecule has 2 N–H and O–H groups in total. The fourth-order valence-electron chi connectivity index (χ4n) is 2.26. The first-order chi connectivity index (χ1) is 9.76. The van der Waals surface area contributed by atoms with E-state index in [-0.39, 0.29) is 6.54 Å². The van der Waals surface area contributed by atoms with Crippen LogP contribution in [-0.4, -0.2) is 16.7 Å². The third kappa shape index (κ3) is 2.67. The molecule has 1 aliphatic carbocycles. The van der Waals surface area contributed by atoms with E-state index < -0.39 is 0 Å². The van der Waals surface area contributed by atoms with Crippen LogP contribution in [0.2, 0.25) is 0 Å². The van der Waals surface area contributed by atoms with Gasteiger partial charge in [-0.3, -0.25) is 0 Å². The van der Waals surface area contributed by atoms with Gasteiger partial charge in [0.25, 0.3) is 0 Å². The van der Waals surface area contributed by atoms with E-state index in [4.69, 9.17) is 15.0 Å². The fraction of sp³-hybridized carbons (Fsp3) is 0.467. The summed E-state index contributed by atoms with van der Waals surface area (Å²) in [4.78, 5) is 4.28. The molecule has 5 heteroatoms. The Bertz CT molecular complexity index is 591. The van der Waals surface area contributed by atoms with Crippen molar-refractivity contribution in [1.82, 2.24) is 10.1 Å². The number of rotatable bonds is 5. The van der Waals surface area contributed by atoms with Crippen molar-refractivity contribution in [2.75, 3.05) is 6.61 Å². The molecule has 20 heavy (non-hydrogen) atoms. The number of nitrogens with zero attached hydrogens (tertiary/aromatic N) is 2. The second kappa shape index (κ2) is 5.63. The predicted octanol–water partition coefficient (Wildman–Crippen LogP) is 2.68. The van der Waals surface area contributed by atoms with Crippen LogP contribution in [0, 0.1) is 12.8 Å². The highest BCUT2D eigenvalue weighted by Gasteiger charge is 2.19. The molecule has 0 aliphatic heterocycles. The van der Waals surface area contributed by atoms with E-state index in [2.05, 4.69) is 10.1 Å². The minimum atomic E-state index is 0.247. The van der Waals surface area contributed by atoms with Crippen LogP contribution in [0.3, 0.4) is 0 Å². The molecule has 1 aromatic carbocycles. The third-order valence-electron chi connectivity index (χ3n) is 3.72. The lowest BCUT2D eigenvalue weighted by molar-refractivity contribution is 0.181. The van der Waals surface area contributed by atoms with Gasteiger partial charge in [0.15, 0.2) is 0 Å². The molecule has 0 radical (unpaired) electrons. The van der Waals surface area contributed by atoms with Crippen molar-refractivity contribution in [2.45, 2.75) is 32.7 Å². The van der Waals surface area contributed by atoms with Crippen LogP contribution in [0.4, 0.5) is 0 Å². The van der Waals surface area contributed by atoms with Gasteiger partial charge in [0, 0.05) is 0 Å². The Morgan fingerprint density at radius 1 is 1.40 bits per heavy atom. The molecule has 2 aromatic rings. The van der Waals surface area contributed by atoms with Crippen molar-refractivity contribution < 1.29 is 9.26 Å². The molecule has 0 bridgehead atoms. The molecule has 1 aliphatic rings. The molecule has 0 amide bonds. The van der Waals surface area contributed by atoms with Crippen molar-refractivity contribution in [3.05, 3.63) is 29.7 Å². The molecule has 0 saturated heterocycles. The zero-order chi connectivity index (χ0) is 13.9. The molecule has 1 aromatic heterocycles. The molecule has 0 unspecified atom stereocenters. The Morgan fingerprint density at radius 3 is 2.90 bits per heavy atom. The van der Waals surface area contributed by atoms with Crippen LogP contribution in [-0.2, 0) is 6.54 Å². The molecule has 1 fully saturated rings. The maximum Gasteiger partial charge on any atom is 0.240 e. The van der Waals surface area contributed by atoms with Crippen molar-refractivity contribution in [2.24, 2.45) is 11.7 Å². The first kappa shape index (κ1) is 13.1. The van der Waals surface area contributed by atoms with Gasteiger partial charge < -0.3 is 15.0 Å². The zero-order valence-corrected chi connectivity index (χ0v) is 11.6. The monoisotopic (exact) mass is 273 g/mol. The number of hydrogen-bond donors (Lipinski definition) is 1. The summed E-state index contributed by atoms with van der Waals surface area (Å²) < 4.78 is 11.0. The lowest BCUT2D eigenvalue weighted by Crippen LogP contribution is -2.19. The minimum absolute atomic E-state index is 0.247. The summed E-state index contributed by atoms with van der Waals surface area (Å²) in [6.45, 7) is 3.04. The van der Waals surface area contributed by atoms with Gasteiger partial charge in [0.1, 0.15) is 5.75 Å². The van der Waals surface area contributed by atoms with Crippen molar-refractivity contribution in [3.63, 3.8) is 0 Å². The summed E-state index contributed by atoms with van der Waals surface area (Å²) in [6.07, 6.45) is 3.85. The minimum Gasteiger partial charge on any atom is -0.493 e. The molecule has 1 saturated carbocycles. The van der Waals surface area contributed by atoms with Gasteiger partial charge in [-0.05, 0) is 37.8 Å². The van der Waals surface area contributed by atoms with E-state index in [0.29, 0.717) is 17.6 Å². The highest BCUT2D eigenvalue weighted by atomic mass is 16.5. The number of aryl methyl sites for hydroxylation is 1. The van der Waals surface area contributed by atoms with E-state index in [9.17, 15) is 0 Å². The summed E-state index contributed by atoms with van der Waals surface area (Å²) in [5, 5.41) is 3.97. The summed E-state index contributed by atoms with van der Waals surface area (Å²) in [5.41, 5.74) is 7.51. The van der Waals surface area contributed by atoms with E-state index >= 15 is 0 Å². The van der Waals surface area contributed by atoms with Gasteiger partial charge >= 0.3 is 0 Å². The summed E-state index contributed by atoms with van der Waals surface area (Å²) >= 11 is 0. The van der Waals surface area contributed by atoms with Crippen molar-refractivity contribution in [3.8, 4) is 17.1 Å². The maximum atomic E-state index is 5.94. The summed E-state index contributed by atoms with van der Waals surface area (Å²) in [6, 6.07) is 6.02. The average Bonchev–Trinajstić information content (AvgIpc) is 2.87. The number of aromatic nitrogens is 2. The smallest absolute Gasteiger partial charge is 0.240 e. The Kier molecular flexibility index (Phi) is 3.69. The van der Waals surface area contributed by atoms with Gasteiger partial charge in [0.2, 0.25) is 11.7 Å². The molecule has 1 heterocycles. The molecular weight excluding hydrogens is 254 g/mol. The molecule has 0 atom stereocenters. The molecule has 5 nitrogen and oxygen atoms in total. The molecular formula is C15H19N3O2. The lowest BCUT2D eigenvalue weighted by atomic mass is 9.86. The number of hydrogen-bond acceptors (Lipinski definition) is 5. The van der Waals surface area contributed by atoms with Gasteiger partial charge in [-0.1, -0.05) is 23.2 Å². The van der Waals surface area contributed by atoms with Crippen LogP contribution in [0.15, 0.2) is 22.7 Å². The zero-order valence-electron chi connectivity index (χ0n) is 11.6. The number of benzene rings is 1. The van der Waals surface area contributed by atoms with Crippen LogP contribution >= 0.6 is 0 Å². The van der Waals surface area contributed by atoms with Crippen LogP contribution < -0.4 is 10.5 Å². The fourth-order valence-corrected chi connectivity index (χ4v) is 2.26. The number of nitrogens with two attached hydrogens (primary N) is 1. The van der Waals surface area contributed by atoms with E-state index in [0.717, 1.165) is 23.5 Å². The summed E-state index contributed by atoms with van der Waals surface area (Å²) in [7, 11) is 0. The normalized spacial score (nSPS) is 15.1. The Morgan fingerprint density at radius 2 is 2.25 bits per heavy atom. The molecule has 3 rings (SSSR count). The molecule has 106 valence electrons. The van der Waals surface area contributed by atoms with Gasteiger partial charge in [-0.2, -0.15) is 4.98 Å². The Hall–Kier alpha value is -1.88. The summed E-state index contributed by atoms with van der Waals surface area (Å²) in [5.74, 6) is 2.48.